The molecular formula is C6H12NOS3. The molecule has 0 heterocycles. The molecule has 65 valence electrons. The Hall–Kier alpha value is 0.520. The smallest absolute Gasteiger partial charge is 0.260 e. The van der Waals surface area contributed by atoms with Crippen LogP contribution < -0.4 is 0 Å². The van der Waals surface area contributed by atoms with Crippen molar-refractivity contribution in [3.63, 3.8) is 0 Å². The van der Waals surface area contributed by atoms with Crippen molar-refractivity contribution < 1.29 is 4.79 Å². The second kappa shape index (κ2) is 7.18. The molecule has 0 unspecified atom stereocenters. The van der Waals surface area contributed by atoms with Gasteiger partial charge in [-0.1, -0.05) is 18.7 Å². The predicted octanol–water partition coefficient (Wildman–Crippen LogP) is 2.92. The lowest BCUT2D eigenvalue weighted by atomic mass is 10.6. The molecule has 0 aliphatic carbocycles. The molecule has 0 rings (SSSR count). The Morgan fingerprint density at radius 2 is 2.00 bits per heavy atom. The quantitative estimate of drug-likeness (QED) is 0.665. The Bertz CT molecular complexity index is 116. The van der Waals surface area contributed by atoms with Crippen molar-refractivity contribution in [2.45, 2.75) is 6.42 Å². The molecule has 0 saturated heterocycles. The fourth-order valence-electron chi connectivity index (χ4n) is 0.436. The average molecular weight is 210 g/mol. The molecule has 2 nitrogen and oxygen atoms in total. The number of rotatable bonds is 4. The molecule has 0 aliphatic rings. The van der Waals surface area contributed by atoms with Gasteiger partial charge in [-0.05, 0) is 30.3 Å². The summed E-state index contributed by atoms with van der Waals surface area (Å²) >= 11 is 4.18. The molecule has 0 spiro atoms. The molecule has 5 heteroatoms. The van der Waals surface area contributed by atoms with Crippen LogP contribution >= 0.6 is 35.7 Å². The van der Waals surface area contributed by atoms with Gasteiger partial charge in [0.05, 0.1) is 0 Å². The van der Waals surface area contributed by atoms with Gasteiger partial charge in [0.25, 0.3) is 0 Å². The molecule has 0 N–H and O–H groups in total. The Morgan fingerprint density at radius 1 is 1.45 bits per heavy atom. The standard InChI is InChI=1S/C6H12NOS3/c1-4-5-11-6(8)7(9-2)10-3/h1,4-5H2,2-3H3. The maximum atomic E-state index is 11.2. The summed E-state index contributed by atoms with van der Waals surface area (Å²) in [5.74, 6) is 0.802. The van der Waals surface area contributed by atoms with Crippen LogP contribution in [0.4, 0.5) is 4.79 Å². The maximum Gasteiger partial charge on any atom is 0.301 e. The van der Waals surface area contributed by atoms with Crippen molar-refractivity contribution in [3.8, 4) is 0 Å². The van der Waals surface area contributed by atoms with E-state index in [1.807, 2.05) is 12.5 Å². The van der Waals surface area contributed by atoms with Gasteiger partial charge in [-0.25, -0.2) is 3.71 Å². The first-order valence-electron chi connectivity index (χ1n) is 3.10. The van der Waals surface area contributed by atoms with Gasteiger partial charge in [-0.15, -0.1) is 0 Å². The van der Waals surface area contributed by atoms with E-state index in [-0.39, 0.29) is 5.24 Å². The summed E-state index contributed by atoms with van der Waals surface area (Å²) in [5, 5.41) is 0.105. The van der Waals surface area contributed by atoms with Crippen LogP contribution in [0.25, 0.3) is 0 Å². The van der Waals surface area contributed by atoms with E-state index in [0.717, 1.165) is 12.2 Å². The molecule has 0 atom stereocenters. The second-order valence-corrected chi connectivity index (χ2v) is 4.33. The van der Waals surface area contributed by atoms with Crippen molar-refractivity contribution in [2.75, 3.05) is 18.3 Å². The topological polar surface area (TPSA) is 20.3 Å². The SMILES string of the molecule is [CH2]CCSC(=O)N(SC)SC. The minimum absolute atomic E-state index is 0.105. The molecule has 0 aromatic heterocycles. The summed E-state index contributed by atoms with van der Waals surface area (Å²) < 4.78 is 1.65. The summed E-state index contributed by atoms with van der Waals surface area (Å²) in [7, 11) is 0. The third-order valence-electron chi connectivity index (χ3n) is 0.851. The zero-order valence-electron chi connectivity index (χ0n) is 6.70. The number of hydrogen-bond acceptors (Lipinski definition) is 4. The van der Waals surface area contributed by atoms with E-state index < -0.39 is 0 Å². The molecule has 0 saturated carbocycles. The second-order valence-electron chi connectivity index (χ2n) is 1.59. The fraction of sp³-hybridized carbons (Fsp3) is 0.667. The lowest BCUT2D eigenvalue weighted by molar-refractivity contribution is 0.259. The van der Waals surface area contributed by atoms with Crippen LogP contribution in [-0.2, 0) is 0 Å². The number of nitrogens with zero attached hydrogens (tertiary/aromatic N) is 1. The summed E-state index contributed by atoms with van der Waals surface area (Å²) in [6, 6.07) is 0. The van der Waals surface area contributed by atoms with Gasteiger partial charge in [0.1, 0.15) is 0 Å². The largest absolute Gasteiger partial charge is 0.301 e. The first kappa shape index (κ1) is 11.5. The minimum atomic E-state index is 0.105. The van der Waals surface area contributed by atoms with Crippen molar-refractivity contribution >= 4 is 40.9 Å². The van der Waals surface area contributed by atoms with Crippen molar-refractivity contribution in [1.82, 2.24) is 3.71 Å². The summed E-state index contributed by atoms with van der Waals surface area (Å²) in [5.41, 5.74) is 0. The fourth-order valence-corrected chi connectivity index (χ4v) is 2.52. The van der Waals surface area contributed by atoms with Gasteiger partial charge in [0.2, 0.25) is 0 Å². The number of amides is 1. The highest BCUT2D eigenvalue weighted by atomic mass is 32.2. The zero-order chi connectivity index (χ0) is 8.69. The van der Waals surface area contributed by atoms with E-state index >= 15 is 0 Å². The lowest BCUT2D eigenvalue weighted by Crippen LogP contribution is -2.10. The van der Waals surface area contributed by atoms with Crippen LogP contribution in [0.2, 0.25) is 0 Å². The van der Waals surface area contributed by atoms with E-state index in [4.69, 9.17) is 0 Å². The van der Waals surface area contributed by atoms with Crippen LogP contribution in [0.15, 0.2) is 0 Å². The monoisotopic (exact) mass is 210 g/mol. The van der Waals surface area contributed by atoms with Crippen LogP contribution in [0.1, 0.15) is 6.42 Å². The first-order chi connectivity index (χ1) is 5.26. The number of carbonyl (C=O) groups is 1. The van der Waals surface area contributed by atoms with E-state index in [0.29, 0.717) is 0 Å². The van der Waals surface area contributed by atoms with Crippen LogP contribution in [0.3, 0.4) is 0 Å². The minimum Gasteiger partial charge on any atom is -0.260 e. The van der Waals surface area contributed by atoms with Crippen LogP contribution in [-0.4, -0.2) is 27.2 Å². The molecule has 1 radical (unpaired) electrons. The molecule has 0 aromatic carbocycles. The van der Waals surface area contributed by atoms with Gasteiger partial charge in [-0.2, -0.15) is 0 Å². The summed E-state index contributed by atoms with van der Waals surface area (Å²) in [4.78, 5) is 11.2. The van der Waals surface area contributed by atoms with E-state index in [1.54, 1.807) is 3.71 Å². The molecule has 0 aromatic rings. The van der Waals surface area contributed by atoms with Crippen molar-refractivity contribution in [3.05, 3.63) is 6.92 Å². The van der Waals surface area contributed by atoms with Gasteiger partial charge >= 0.3 is 5.24 Å². The Balaban J connectivity index is 3.61. The number of carbonyl (C=O) groups excluding carboxylic acids is 1. The highest BCUT2D eigenvalue weighted by Gasteiger charge is 2.10. The predicted molar refractivity (Wildman–Crippen MR) is 56.7 cm³/mol. The van der Waals surface area contributed by atoms with Crippen LogP contribution in [0.5, 0.6) is 0 Å². The zero-order valence-corrected chi connectivity index (χ0v) is 9.15. The number of hydrogen-bond donors (Lipinski definition) is 0. The summed E-state index contributed by atoms with van der Waals surface area (Å²) in [6.45, 7) is 3.66. The first-order valence-corrected chi connectivity index (χ1v) is 6.45. The van der Waals surface area contributed by atoms with Crippen molar-refractivity contribution in [2.24, 2.45) is 0 Å². The molecular weight excluding hydrogens is 198 g/mol. The number of thioether (sulfide) groups is 1. The normalized spacial score (nSPS) is 9.73. The third-order valence-corrected chi connectivity index (χ3v) is 3.89. The highest BCUT2D eigenvalue weighted by Crippen LogP contribution is 2.23. The van der Waals surface area contributed by atoms with Crippen LogP contribution in [0, 0.1) is 6.92 Å². The van der Waals surface area contributed by atoms with Gasteiger partial charge in [-0.3, -0.25) is 4.79 Å². The van der Waals surface area contributed by atoms with Gasteiger partial charge in [0, 0.05) is 18.3 Å². The molecule has 0 aliphatic heterocycles. The molecule has 11 heavy (non-hydrogen) atoms. The highest BCUT2D eigenvalue weighted by molar-refractivity contribution is 8.19. The Morgan fingerprint density at radius 3 is 2.36 bits per heavy atom. The van der Waals surface area contributed by atoms with E-state index in [2.05, 4.69) is 6.92 Å². The van der Waals surface area contributed by atoms with Gasteiger partial charge < -0.3 is 0 Å². The third kappa shape index (κ3) is 4.87. The molecule has 0 fully saturated rings. The Kier molecular flexibility index (Phi) is 7.52. The molecule has 0 bridgehead atoms. The maximum absolute atomic E-state index is 11.2. The van der Waals surface area contributed by atoms with Crippen molar-refractivity contribution in [1.29, 1.82) is 0 Å². The van der Waals surface area contributed by atoms with Gasteiger partial charge in [0.15, 0.2) is 0 Å². The summed E-state index contributed by atoms with van der Waals surface area (Å²) in [6.07, 6.45) is 4.57. The van der Waals surface area contributed by atoms with E-state index in [9.17, 15) is 4.79 Å². The Labute approximate surface area is 81.1 Å². The van der Waals surface area contributed by atoms with E-state index in [1.165, 1.54) is 35.7 Å². The molecule has 1 amide bonds. The average Bonchev–Trinajstić information content (AvgIpc) is 2.03. The lowest BCUT2D eigenvalue weighted by Gasteiger charge is -2.13.